The molecular weight excluding hydrogens is 272 g/mol. The van der Waals surface area contributed by atoms with E-state index in [1.54, 1.807) is 29.1 Å². The SMILES string of the molecule is Cc1oc(CN)cc1S(=O)(=O)N1CCCSCC1. The quantitative estimate of drug-likeness (QED) is 0.904. The third kappa shape index (κ3) is 2.74. The highest BCUT2D eigenvalue weighted by atomic mass is 32.2. The predicted molar refractivity (Wildman–Crippen MR) is 72.0 cm³/mol. The fourth-order valence-corrected chi connectivity index (χ4v) is 4.65. The second-order valence-corrected chi connectivity index (χ2v) is 7.34. The summed E-state index contributed by atoms with van der Waals surface area (Å²) in [7, 11) is -3.43. The van der Waals surface area contributed by atoms with Gasteiger partial charge in [-0.3, -0.25) is 0 Å². The number of furan rings is 1. The molecule has 2 rings (SSSR count). The molecule has 1 aromatic rings. The highest BCUT2D eigenvalue weighted by molar-refractivity contribution is 7.99. The predicted octanol–water partition coefficient (Wildman–Crippen LogP) is 1.17. The van der Waals surface area contributed by atoms with Gasteiger partial charge in [0.2, 0.25) is 10.0 Å². The Labute approximate surface area is 112 Å². The lowest BCUT2D eigenvalue weighted by Gasteiger charge is -2.18. The van der Waals surface area contributed by atoms with Crippen molar-refractivity contribution in [1.82, 2.24) is 4.31 Å². The van der Waals surface area contributed by atoms with Crippen LogP contribution in [0.2, 0.25) is 0 Å². The third-order valence-electron chi connectivity index (χ3n) is 2.92. The molecule has 0 spiro atoms. The number of thioether (sulfide) groups is 1. The van der Waals surface area contributed by atoms with Crippen molar-refractivity contribution in [2.24, 2.45) is 5.73 Å². The maximum atomic E-state index is 12.5. The molecule has 0 bridgehead atoms. The number of nitrogens with zero attached hydrogens (tertiary/aromatic N) is 1. The number of hydrogen-bond donors (Lipinski definition) is 1. The minimum atomic E-state index is -3.43. The summed E-state index contributed by atoms with van der Waals surface area (Å²) in [5, 5.41) is 0. The van der Waals surface area contributed by atoms with E-state index in [2.05, 4.69) is 0 Å². The summed E-state index contributed by atoms with van der Waals surface area (Å²) in [6.07, 6.45) is 0.893. The molecule has 5 nitrogen and oxygen atoms in total. The Morgan fingerprint density at radius 1 is 1.44 bits per heavy atom. The maximum Gasteiger partial charge on any atom is 0.246 e. The molecule has 0 saturated carbocycles. The van der Waals surface area contributed by atoms with E-state index in [9.17, 15) is 8.42 Å². The van der Waals surface area contributed by atoms with Crippen molar-refractivity contribution in [3.05, 3.63) is 17.6 Å². The van der Waals surface area contributed by atoms with Gasteiger partial charge in [-0.05, 0) is 19.1 Å². The van der Waals surface area contributed by atoms with Crippen LogP contribution in [-0.4, -0.2) is 37.3 Å². The molecule has 0 atom stereocenters. The van der Waals surface area contributed by atoms with Gasteiger partial charge in [0.1, 0.15) is 16.4 Å². The fraction of sp³-hybridized carbons (Fsp3) is 0.636. The van der Waals surface area contributed by atoms with Crippen LogP contribution >= 0.6 is 11.8 Å². The molecule has 0 aliphatic carbocycles. The smallest absolute Gasteiger partial charge is 0.246 e. The van der Waals surface area contributed by atoms with Gasteiger partial charge in [0.15, 0.2) is 0 Å². The van der Waals surface area contributed by atoms with Crippen molar-refractivity contribution >= 4 is 21.8 Å². The zero-order valence-corrected chi connectivity index (χ0v) is 12.0. The summed E-state index contributed by atoms with van der Waals surface area (Å²) in [5.41, 5.74) is 5.47. The molecule has 18 heavy (non-hydrogen) atoms. The van der Waals surface area contributed by atoms with Crippen molar-refractivity contribution in [3.63, 3.8) is 0 Å². The van der Waals surface area contributed by atoms with Gasteiger partial charge in [-0.1, -0.05) is 0 Å². The fourth-order valence-electron chi connectivity index (χ4n) is 1.98. The van der Waals surface area contributed by atoms with Gasteiger partial charge in [-0.25, -0.2) is 8.42 Å². The lowest BCUT2D eigenvalue weighted by Crippen LogP contribution is -2.33. The normalized spacial score (nSPS) is 18.8. The minimum Gasteiger partial charge on any atom is -0.464 e. The first-order valence-electron chi connectivity index (χ1n) is 5.93. The summed E-state index contributed by atoms with van der Waals surface area (Å²) in [6, 6.07) is 1.54. The van der Waals surface area contributed by atoms with Crippen molar-refractivity contribution < 1.29 is 12.8 Å². The van der Waals surface area contributed by atoms with E-state index in [1.165, 1.54) is 0 Å². The van der Waals surface area contributed by atoms with Gasteiger partial charge in [0, 0.05) is 24.9 Å². The Morgan fingerprint density at radius 3 is 2.89 bits per heavy atom. The Kier molecular flexibility index (Phi) is 4.37. The third-order valence-corrected chi connectivity index (χ3v) is 5.98. The molecule has 0 amide bonds. The van der Waals surface area contributed by atoms with Gasteiger partial charge >= 0.3 is 0 Å². The number of nitrogens with two attached hydrogens (primary N) is 1. The second kappa shape index (κ2) is 5.64. The van der Waals surface area contributed by atoms with E-state index in [0.717, 1.165) is 17.9 Å². The minimum absolute atomic E-state index is 0.214. The highest BCUT2D eigenvalue weighted by Gasteiger charge is 2.29. The average Bonchev–Trinajstić information content (AvgIpc) is 2.55. The van der Waals surface area contributed by atoms with E-state index in [1.807, 2.05) is 0 Å². The molecule has 2 N–H and O–H groups in total. The molecule has 0 unspecified atom stereocenters. The summed E-state index contributed by atoms with van der Waals surface area (Å²) in [6.45, 7) is 3.03. The van der Waals surface area contributed by atoms with E-state index >= 15 is 0 Å². The van der Waals surface area contributed by atoms with E-state index < -0.39 is 10.0 Å². The summed E-state index contributed by atoms with van der Waals surface area (Å²) in [4.78, 5) is 0.259. The second-order valence-electron chi connectivity index (χ2n) is 4.21. The van der Waals surface area contributed by atoms with Gasteiger partial charge in [-0.15, -0.1) is 0 Å². The summed E-state index contributed by atoms with van der Waals surface area (Å²) < 4.78 is 31.9. The van der Waals surface area contributed by atoms with Gasteiger partial charge in [-0.2, -0.15) is 16.1 Å². The maximum absolute atomic E-state index is 12.5. The number of aryl methyl sites for hydroxylation is 1. The molecule has 7 heteroatoms. The number of rotatable bonds is 3. The largest absolute Gasteiger partial charge is 0.464 e. The standard InChI is InChI=1S/C11H18N2O3S2/c1-9-11(7-10(8-12)16-9)18(14,15)13-3-2-5-17-6-4-13/h7H,2-6,8,12H2,1H3. The van der Waals surface area contributed by atoms with Crippen LogP contribution in [0.1, 0.15) is 17.9 Å². The lowest BCUT2D eigenvalue weighted by atomic mass is 10.4. The molecule has 102 valence electrons. The molecule has 1 saturated heterocycles. The van der Waals surface area contributed by atoms with Crippen LogP contribution in [-0.2, 0) is 16.6 Å². The Morgan fingerprint density at radius 2 is 2.22 bits per heavy atom. The van der Waals surface area contributed by atoms with Gasteiger partial charge in [0.05, 0.1) is 6.54 Å². The molecule has 1 fully saturated rings. The van der Waals surface area contributed by atoms with Crippen molar-refractivity contribution in [2.45, 2.75) is 24.8 Å². The van der Waals surface area contributed by atoms with Crippen LogP contribution in [0, 0.1) is 6.92 Å². The molecule has 1 aliphatic heterocycles. The number of sulfonamides is 1. The van der Waals surface area contributed by atoms with Crippen molar-refractivity contribution in [3.8, 4) is 0 Å². The Hall–Kier alpha value is -0.500. The average molecular weight is 290 g/mol. The first-order valence-corrected chi connectivity index (χ1v) is 8.52. The topological polar surface area (TPSA) is 76.5 Å². The summed E-state index contributed by atoms with van der Waals surface area (Å²) in [5.74, 6) is 2.80. The first kappa shape index (κ1) is 13.9. The van der Waals surface area contributed by atoms with Crippen molar-refractivity contribution in [1.29, 1.82) is 0 Å². The van der Waals surface area contributed by atoms with Crippen LogP contribution in [0.25, 0.3) is 0 Å². The molecule has 0 radical (unpaired) electrons. The van der Waals surface area contributed by atoms with Crippen LogP contribution < -0.4 is 5.73 Å². The van der Waals surface area contributed by atoms with Crippen molar-refractivity contribution in [2.75, 3.05) is 24.6 Å². The van der Waals surface area contributed by atoms with E-state index in [0.29, 0.717) is 24.6 Å². The Balaban J connectivity index is 2.31. The molecule has 1 aliphatic rings. The highest BCUT2D eigenvalue weighted by Crippen LogP contribution is 2.25. The van der Waals surface area contributed by atoms with E-state index in [4.69, 9.17) is 10.2 Å². The van der Waals surface area contributed by atoms with Gasteiger partial charge < -0.3 is 10.2 Å². The molecule has 2 heterocycles. The van der Waals surface area contributed by atoms with Crippen LogP contribution in [0.4, 0.5) is 0 Å². The molecule has 0 aromatic carbocycles. The number of hydrogen-bond acceptors (Lipinski definition) is 5. The summed E-state index contributed by atoms with van der Waals surface area (Å²) >= 11 is 1.80. The van der Waals surface area contributed by atoms with E-state index in [-0.39, 0.29) is 11.4 Å². The van der Waals surface area contributed by atoms with Gasteiger partial charge in [0.25, 0.3) is 0 Å². The van der Waals surface area contributed by atoms with Crippen LogP contribution in [0.3, 0.4) is 0 Å². The zero-order valence-electron chi connectivity index (χ0n) is 10.4. The lowest BCUT2D eigenvalue weighted by molar-refractivity contribution is 0.430. The monoisotopic (exact) mass is 290 g/mol. The van der Waals surface area contributed by atoms with Crippen LogP contribution in [0.15, 0.2) is 15.4 Å². The Bertz CT molecular complexity index is 502. The first-order chi connectivity index (χ1) is 8.55. The molecule has 1 aromatic heterocycles. The molecular formula is C11H18N2O3S2. The van der Waals surface area contributed by atoms with Crippen LogP contribution in [0.5, 0.6) is 0 Å². The zero-order chi connectivity index (χ0) is 13.2.